The van der Waals surface area contributed by atoms with Crippen LogP contribution in [0.5, 0.6) is 0 Å². The van der Waals surface area contributed by atoms with Crippen molar-refractivity contribution in [2.45, 2.75) is 42.0 Å². The van der Waals surface area contributed by atoms with E-state index in [-0.39, 0.29) is 22.9 Å². The van der Waals surface area contributed by atoms with Crippen LogP contribution in [0.25, 0.3) is 0 Å². The van der Waals surface area contributed by atoms with Crippen LogP contribution in [0.15, 0.2) is 16.3 Å². The molecule has 1 fully saturated rings. The highest BCUT2D eigenvalue weighted by Gasteiger charge is 2.20. The number of sulfonamides is 1. The first-order chi connectivity index (χ1) is 10.0. The minimum absolute atomic E-state index is 0.155. The Bertz CT molecular complexity index is 598. The average molecular weight is 329 g/mol. The maximum absolute atomic E-state index is 12.0. The van der Waals surface area contributed by atoms with Crippen molar-refractivity contribution in [2.75, 3.05) is 13.2 Å². The van der Waals surface area contributed by atoms with Gasteiger partial charge in [-0.25, -0.2) is 13.1 Å². The van der Waals surface area contributed by atoms with Crippen molar-refractivity contribution in [3.63, 3.8) is 0 Å². The molecule has 0 radical (unpaired) electrons. The van der Waals surface area contributed by atoms with Crippen LogP contribution in [0.4, 0.5) is 0 Å². The van der Waals surface area contributed by atoms with Crippen LogP contribution in [-0.4, -0.2) is 33.7 Å². The van der Waals surface area contributed by atoms with Gasteiger partial charge in [-0.05, 0) is 37.8 Å². The smallest absolute Gasteiger partial charge is 0.250 e. The number of rotatable bonds is 6. The molecule has 0 aromatic carbocycles. The van der Waals surface area contributed by atoms with E-state index in [0.29, 0.717) is 11.5 Å². The maximum Gasteiger partial charge on any atom is 0.250 e. The summed E-state index contributed by atoms with van der Waals surface area (Å²) in [4.78, 5) is 0.380. The number of nitrogens with zero attached hydrogens (tertiary/aromatic N) is 1. The van der Waals surface area contributed by atoms with E-state index in [2.05, 4.69) is 4.72 Å². The SMILES string of the molecule is N#Cc1ccc(S(=O)(=O)NCCOC2CCC(N)CC2)s1. The molecule has 1 aliphatic carbocycles. The van der Waals surface area contributed by atoms with Crippen LogP contribution >= 0.6 is 11.3 Å². The minimum Gasteiger partial charge on any atom is -0.377 e. The summed E-state index contributed by atoms with van der Waals surface area (Å²) in [5.74, 6) is 0. The Labute approximate surface area is 129 Å². The highest BCUT2D eigenvalue weighted by molar-refractivity contribution is 7.91. The molecule has 21 heavy (non-hydrogen) atoms. The summed E-state index contributed by atoms with van der Waals surface area (Å²) in [5.41, 5.74) is 5.82. The first-order valence-corrected chi connectivity index (χ1v) is 9.18. The predicted molar refractivity (Wildman–Crippen MR) is 80.4 cm³/mol. The van der Waals surface area contributed by atoms with Gasteiger partial charge in [0.05, 0.1) is 12.7 Å². The van der Waals surface area contributed by atoms with E-state index in [1.54, 1.807) is 0 Å². The molecule has 2 rings (SSSR count). The summed E-state index contributed by atoms with van der Waals surface area (Å²) >= 11 is 0.960. The highest BCUT2D eigenvalue weighted by atomic mass is 32.2. The predicted octanol–water partition coefficient (Wildman–Crippen LogP) is 1.18. The number of nitriles is 1. The summed E-state index contributed by atoms with van der Waals surface area (Å²) in [5, 5.41) is 8.71. The second-order valence-electron chi connectivity index (χ2n) is 5.04. The molecule has 0 saturated heterocycles. The zero-order valence-corrected chi connectivity index (χ0v) is 13.3. The number of hydrogen-bond donors (Lipinski definition) is 2. The quantitative estimate of drug-likeness (QED) is 0.763. The monoisotopic (exact) mass is 329 g/mol. The molecule has 3 N–H and O–H groups in total. The van der Waals surface area contributed by atoms with Crippen LogP contribution in [0.2, 0.25) is 0 Å². The van der Waals surface area contributed by atoms with Crippen LogP contribution < -0.4 is 10.5 Å². The van der Waals surface area contributed by atoms with Crippen molar-refractivity contribution >= 4 is 21.4 Å². The standard InChI is InChI=1S/C13H19N3O3S2/c14-9-12-5-6-13(20-12)21(17,18)16-7-8-19-11-3-1-10(15)2-4-11/h5-6,10-11,16H,1-4,7-8,15H2. The Balaban J connectivity index is 1.74. The minimum atomic E-state index is -3.54. The lowest BCUT2D eigenvalue weighted by Gasteiger charge is -2.26. The summed E-state index contributed by atoms with van der Waals surface area (Å²) in [6, 6.07) is 5.14. The van der Waals surface area contributed by atoms with Gasteiger partial charge < -0.3 is 10.5 Å². The zero-order chi connectivity index (χ0) is 15.3. The van der Waals surface area contributed by atoms with Crippen LogP contribution in [-0.2, 0) is 14.8 Å². The van der Waals surface area contributed by atoms with E-state index in [9.17, 15) is 8.42 Å². The largest absolute Gasteiger partial charge is 0.377 e. The van der Waals surface area contributed by atoms with Crippen molar-refractivity contribution in [3.8, 4) is 6.07 Å². The third kappa shape index (κ3) is 4.76. The molecule has 1 aliphatic rings. The van der Waals surface area contributed by atoms with Crippen molar-refractivity contribution in [2.24, 2.45) is 5.73 Å². The maximum atomic E-state index is 12.0. The molecule has 8 heteroatoms. The van der Waals surface area contributed by atoms with Gasteiger partial charge in [0, 0.05) is 12.6 Å². The lowest BCUT2D eigenvalue weighted by atomic mass is 9.94. The first-order valence-electron chi connectivity index (χ1n) is 6.88. The fourth-order valence-electron chi connectivity index (χ4n) is 2.25. The number of nitrogens with one attached hydrogen (secondary N) is 1. The molecule has 0 spiro atoms. The van der Waals surface area contributed by atoms with Crippen LogP contribution in [0.3, 0.4) is 0 Å². The Hall–Kier alpha value is -0.980. The molecule has 1 saturated carbocycles. The number of thiophene rings is 1. The first kappa shape index (κ1) is 16.4. The average Bonchev–Trinajstić information content (AvgIpc) is 2.95. The topological polar surface area (TPSA) is 105 Å². The molecule has 1 aromatic rings. The van der Waals surface area contributed by atoms with Crippen LogP contribution in [0.1, 0.15) is 30.6 Å². The molecule has 1 aromatic heterocycles. The van der Waals surface area contributed by atoms with Gasteiger partial charge in [0.2, 0.25) is 10.0 Å². The van der Waals surface area contributed by atoms with Crippen molar-refractivity contribution in [1.82, 2.24) is 4.72 Å². The molecule has 6 nitrogen and oxygen atoms in total. The van der Waals surface area contributed by atoms with Gasteiger partial charge in [-0.1, -0.05) is 0 Å². The lowest BCUT2D eigenvalue weighted by Crippen LogP contribution is -2.32. The summed E-state index contributed by atoms with van der Waals surface area (Å²) in [6.07, 6.45) is 3.97. The van der Waals surface area contributed by atoms with Crippen molar-refractivity contribution < 1.29 is 13.2 Å². The number of hydrogen-bond acceptors (Lipinski definition) is 6. The Morgan fingerprint density at radius 1 is 1.38 bits per heavy atom. The van der Waals surface area contributed by atoms with E-state index in [1.807, 2.05) is 6.07 Å². The van der Waals surface area contributed by atoms with E-state index < -0.39 is 10.0 Å². The van der Waals surface area contributed by atoms with Gasteiger partial charge >= 0.3 is 0 Å². The molecule has 0 aliphatic heterocycles. The third-order valence-electron chi connectivity index (χ3n) is 3.42. The van der Waals surface area contributed by atoms with Crippen molar-refractivity contribution in [3.05, 3.63) is 17.0 Å². The molecule has 0 atom stereocenters. The highest BCUT2D eigenvalue weighted by Crippen LogP contribution is 2.21. The summed E-state index contributed by atoms with van der Waals surface area (Å²) in [6.45, 7) is 0.570. The van der Waals surface area contributed by atoms with Gasteiger partial charge in [0.15, 0.2) is 0 Å². The molecule has 0 unspecified atom stereocenters. The summed E-state index contributed by atoms with van der Waals surface area (Å²) < 4.78 is 32.2. The molecular formula is C13H19N3O3S2. The van der Waals surface area contributed by atoms with Gasteiger partial charge in [0.1, 0.15) is 15.2 Å². The number of nitrogens with two attached hydrogens (primary N) is 1. The Kier molecular flexibility index (Phi) is 5.72. The Morgan fingerprint density at radius 2 is 2.10 bits per heavy atom. The molecule has 0 bridgehead atoms. The molecule has 1 heterocycles. The molecule has 116 valence electrons. The second-order valence-corrected chi connectivity index (χ2v) is 8.11. The summed E-state index contributed by atoms with van der Waals surface area (Å²) in [7, 11) is -3.54. The van der Waals surface area contributed by atoms with E-state index in [4.69, 9.17) is 15.7 Å². The molecule has 0 amide bonds. The van der Waals surface area contributed by atoms with E-state index in [0.717, 1.165) is 37.0 Å². The fourth-order valence-corrected chi connectivity index (χ4v) is 4.41. The fraction of sp³-hybridized carbons (Fsp3) is 0.615. The third-order valence-corrected chi connectivity index (χ3v) is 6.37. The van der Waals surface area contributed by atoms with Gasteiger partial charge in [-0.2, -0.15) is 5.26 Å². The zero-order valence-electron chi connectivity index (χ0n) is 11.6. The van der Waals surface area contributed by atoms with Crippen LogP contribution in [0, 0.1) is 11.3 Å². The number of ether oxygens (including phenoxy) is 1. The van der Waals surface area contributed by atoms with Crippen molar-refractivity contribution in [1.29, 1.82) is 5.26 Å². The normalized spacial score (nSPS) is 22.9. The van der Waals surface area contributed by atoms with E-state index >= 15 is 0 Å². The lowest BCUT2D eigenvalue weighted by molar-refractivity contribution is 0.0287. The second kappa shape index (κ2) is 7.33. The van der Waals surface area contributed by atoms with Gasteiger partial charge in [-0.3, -0.25) is 0 Å². The Morgan fingerprint density at radius 3 is 2.71 bits per heavy atom. The van der Waals surface area contributed by atoms with Gasteiger partial charge in [0.25, 0.3) is 0 Å². The molecular weight excluding hydrogens is 310 g/mol. The van der Waals surface area contributed by atoms with Gasteiger partial charge in [-0.15, -0.1) is 11.3 Å². The van der Waals surface area contributed by atoms with E-state index in [1.165, 1.54) is 12.1 Å².